The average molecular weight is 334 g/mol. The van der Waals surface area contributed by atoms with Crippen LogP contribution < -0.4 is 0 Å². The second-order valence-electron chi connectivity index (χ2n) is 6.13. The van der Waals surface area contributed by atoms with Crippen molar-refractivity contribution in [3.8, 4) is 0 Å². The van der Waals surface area contributed by atoms with Gasteiger partial charge in [-0.2, -0.15) is 0 Å². The second kappa shape index (κ2) is 10.2. The van der Waals surface area contributed by atoms with E-state index < -0.39 is 0 Å². The van der Waals surface area contributed by atoms with Crippen LogP contribution in [0.15, 0.2) is 66.8 Å². The molecule has 0 radical (unpaired) electrons. The molecule has 0 spiro atoms. The lowest BCUT2D eigenvalue weighted by molar-refractivity contribution is -0.114. The molecule has 0 N–H and O–H groups in total. The molecule has 0 aliphatic carbocycles. The Kier molecular flexibility index (Phi) is 8.28. The summed E-state index contributed by atoms with van der Waals surface area (Å²) in [5.41, 5.74) is 5.37. The van der Waals surface area contributed by atoms with E-state index >= 15 is 0 Å². The summed E-state index contributed by atoms with van der Waals surface area (Å²) in [6.45, 7) is 10.9. The summed E-state index contributed by atoms with van der Waals surface area (Å²) in [4.78, 5) is 21.9. The first-order valence-electron chi connectivity index (χ1n) is 8.28. The summed E-state index contributed by atoms with van der Waals surface area (Å²) < 4.78 is 0. The van der Waals surface area contributed by atoms with Crippen molar-refractivity contribution in [2.24, 2.45) is 0 Å². The number of ketones is 2. The highest BCUT2D eigenvalue weighted by molar-refractivity contribution is 5.97. The summed E-state index contributed by atoms with van der Waals surface area (Å²) in [5.74, 6) is 0.194. The molecule has 0 heterocycles. The lowest BCUT2D eigenvalue weighted by Gasteiger charge is -1.97. The van der Waals surface area contributed by atoms with E-state index in [1.54, 1.807) is 6.92 Å². The van der Waals surface area contributed by atoms with Crippen LogP contribution in [0.5, 0.6) is 0 Å². The van der Waals surface area contributed by atoms with E-state index in [1.807, 2.05) is 75.4 Å². The number of Topliss-reactive ketones (excluding diaryl/α,β-unsaturated/α-hetero) is 1. The molecule has 130 valence electrons. The maximum Gasteiger partial charge on any atom is 0.159 e. The van der Waals surface area contributed by atoms with E-state index in [1.165, 1.54) is 17.2 Å². The topological polar surface area (TPSA) is 34.1 Å². The molecule has 0 saturated heterocycles. The smallest absolute Gasteiger partial charge is 0.159 e. The summed E-state index contributed by atoms with van der Waals surface area (Å²) in [6, 6.07) is 16.1. The van der Waals surface area contributed by atoms with Crippen LogP contribution in [0.3, 0.4) is 0 Å². The third-order valence-electron chi connectivity index (χ3n) is 3.74. The molecule has 0 amide bonds. The van der Waals surface area contributed by atoms with Gasteiger partial charge in [-0.3, -0.25) is 9.59 Å². The van der Waals surface area contributed by atoms with Crippen LogP contribution in [0.25, 0.3) is 6.08 Å². The Hall–Kier alpha value is -2.74. The van der Waals surface area contributed by atoms with Gasteiger partial charge in [0.1, 0.15) is 0 Å². The van der Waals surface area contributed by atoms with E-state index in [0.29, 0.717) is 6.42 Å². The molecule has 25 heavy (non-hydrogen) atoms. The van der Waals surface area contributed by atoms with E-state index in [4.69, 9.17) is 0 Å². The predicted molar refractivity (Wildman–Crippen MR) is 106 cm³/mol. The molecular formula is C23H26O2. The number of hydrogen-bond donors (Lipinski definition) is 0. The van der Waals surface area contributed by atoms with E-state index in [-0.39, 0.29) is 11.6 Å². The number of carbonyl (C=O) groups is 2. The number of benzene rings is 2. The molecular weight excluding hydrogens is 308 g/mol. The van der Waals surface area contributed by atoms with Gasteiger partial charge in [0.15, 0.2) is 11.6 Å². The highest BCUT2D eigenvalue weighted by Gasteiger charge is 1.97. The third kappa shape index (κ3) is 8.07. The van der Waals surface area contributed by atoms with Gasteiger partial charge in [0.2, 0.25) is 0 Å². The SMILES string of the molecule is C=CC(=O)Cc1ccc(C)cc1.CC(=O)C(C)=Cc1ccc(C)cc1. The molecule has 0 saturated carbocycles. The van der Waals surface area contributed by atoms with E-state index in [0.717, 1.165) is 16.7 Å². The lowest BCUT2D eigenvalue weighted by atomic mass is 10.1. The van der Waals surface area contributed by atoms with Gasteiger partial charge >= 0.3 is 0 Å². The minimum absolute atomic E-state index is 0.0684. The van der Waals surface area contributed by atoms with Crippen LogP contribution in [0.4, 0.5) is 0 Å². The third-order valence-corrected chi connectivity index (χ3v) is 3.74. The van der Waals surface area contributed by atoms with Crippen molar-refractivity contribution in [1.82, 2.24) is 0 Å². The molecule has 0 bridgehead atoms. The Morgan fingerprint density at radius 3 is 1.80 bits per heavy atom. The molecule has 0 aromatic heterocycles. The van der Waals surface area contributed by atoms with Crippen LogP contribution in [-0.2, 0) is 16.0 Å². The average Bonchev–Trinajstić information content (AvgIpc) is 2.59. The number of aryl methyl sites for hydroxylation is 2. The van der Waals surface area contributed by atoms with Gasteiger partial charge < -0.3 is 0 Å². The molecule has 0 aliphatic heterocycles. The zero-order valence-corrected chi connectivity index (χ0v) is 15.5. The Morgan fingerprint density at radius 2 is 1.36 bits per heavy atom. The van der Waals surface area contributed by atoms with Crippen LogP contribution in [-0.4, -0.2) is 11.6 Å². The molecule has 2 aromatic carbocycles. The Labute approximate surface area is 150 Å². The fourth-order valence-electron chi connectivity index (χ4n) is 1.99. The van der Waals surface area contributed by atoms with Crippen molar-refractivity contribution >= 4 is 17.6 Å². The number of allylic oxidation sites excluding steroid dienone is 2. The first-order chi connectivity index (χ1) is 11.8. The van der Waals surface area contributed by atoms with E-state index in [9.17, 15) is 9.59 Å². The van der Waals surface area contributed by atoms with Gasteiger partial charge in [0, 0.05) is 6.42 Å². The minimum Gasteiger partial charge on any atom is -0.295 e. The minimum atomic E-state index is 0.0684. The molecule has 2 nitrogen and oxygen atoms in total. The van der Waals surface area contributed by atoms with Crippen molar-refractivity contribution in [3.63, 3.8) is 0 Å². The van der Waals surface area contributed by atoms with Gasteiger partial charge in [-0.25, -0.2) is 0 Å². The van der Waals surface area contributed by atoms with E-state index in [2.05, 4.69) is 6.58 Å². The fraction of sp³-hybridized carbons (Fsp3) is 0.217. The highest BCUT2D eigenvalue weighted by Crippen LogP contribution is 2.08. The summed E-state index contributed by atoms with van der Waals surface area (Å²) >= 11 is 0. The molecule has 2 aromatic rings. The summed E-state index contributed by atoms with van der Waals surface area (Å²) in [7, 11) is 0. The quantitative estimate of drug-likeness (QED) is 0.697. The predicted octanol–water partition coefficient (Wildman–Crippen LogP) is 5.28. The zero-order valence-electron chi connectivity index (χ0n) is 15.5. The maximum atomic E-state index is 10.9. The van der Waals surface area contributed by atoms with Crippen LogP contribution >= 0.6 is 0 Å². The van der Waals surface area contributed by atoms with Gasteiger partial charge in [0.05, 0.1) is 0 Å². The monoisotopic (exact) mass is 334 g/mol. The zero-order chi connectivity index (χ0) is 18.8. The first kappa shape index (κ1) is 20.3. The van der Waals surface area contributed by atoms with Crippen molar-refractivity contribution in [2.45, 2.75) is 34.1 Å². The van der Waals surface area contributed by atoms with Crippen LogP contribution in [0, 0.1) is 13.8 Å². The summed E-state index contributed by atoms with van der Waals surface area (Å²) in [5, 5.41) is 0. The second-order valence-corrected chi connectivity index (χ2v) is 6.13. The molecule has 0 aliphatic rings. The van der Waals surface area contributed by atoms with Gasteiger partial charge in [-0.1, -0.05) is 66.2 Å². The molecule has 0 unspecified atom stereocenters. The molecule has 0 atom stereocenters. The van der Waals surface area contributed by atoms with Crippen LogP contribution in [0.2, 0.25) is 0 Å². The number of carbonyl (C=O) groups excluding carboxylic acids is 2. The van der Waals surface area contributed by atoms with Crippen molar-refractivity contribution in [2.75, 3.05) is 0 Å². The fourth-order valence-corrected chi connectivity index (χ4v) is 1.99. The molecule has 2 rings (SSSR count). The Balaban J connectivity index is 0.000000251. The highest BCUT2D eigenvalue weighted by atomic mass is 16.1. The number of hydrogen-bond acceptors (Lipinski definition) is 2. The van der Waals surface area contributed by atoms with Gasteiger partial charge in [-0.15, -0.1) is 0 Å². The first-order valence-corrected chi connectivity index (χ1v) is 8.28. The largest absolute Gasteiger partial charge is 0.295 e. The summed E-state index contributed by atoms with van der Waals surface area (Å²) in [6.07, 6.45) is 3.73. The lowest BCUT2D eigenvalue weighted by Crippen LogP contribution is -1.97. The van der Waals surface area contributed by atoms with Crippen molar-refractivity contribution in [3.05, 3.63) is 89.0 Å². The Bertz CT molecular complexity index is 748. The van der Waals surface area contributed by atoms with Gasteiger partial charge in [0.25, 0.3) is 0 Å². The maximum absolute atomic E-state index is 10.9. The van der Waals surface area contributed by atoms with Crippen molar-refractivity contribution < 1.29 is 9.59 Å². The molecule has 2 heteroatoms. The van der Waals surface area contributed by atoms with Gasteiger partial charge in [-0.05, 0) is 56.5 Å². The Morgan fingerprint density at radius 1 is 0.880 bits per heavy atom. The molecule has 0 fully saturated rings. The normalized spacial score (nSPS) is 10.5. The van der Waals surface area contributed by atoms with Crippen LogP contribution in [0.1, 0.15) is 36.1 Å². The van der Waals surface area contributed by atoms with Crippen molar-refractivity contribution in [1.29, 1.82) is 0 Å². The number of rotatable bonds is 5. The standard InChI is InChI=1S/C12H14O.C11H12O/c1-9-4-6-12(7-5-9)8-10(2)11(3)13;1-3-11(12)8-10-6-4-9(2)5-7-10/h4-8H,1-3H3;3-7H,1,8H2,2H3.